The molecule has 1 aromatic carbocycles. The van der Waals surface area contributed by atoms with Gasteiger partial charge in [0.2, 0.25) is 0 Å². The summed E-state index contributed by atoms with van der Waals surface area (Å²) in [5.41, 5.74) is 10.0. The summed E-state index contributed by atoms with van der Waals surface area (Å²) in [6.45, 7) is 6.67. The predicted molar refractivity (Wildman–Crippen MR) is 68.0 cm³/mol. The summed E-state index contributed by atoms with van der Waals surface area (Å²) in [7, 11) is 0. The van der Waals surface area contributed by atoms with Crippen LogP contribution in [0.2, 0.25) is 0 Å². The van der Waals surface area contributed by atoms with Crippen LogP contribution in [0.5, 0.6) is 5.75 Å². The number of rotatable bonds is 3. The van der Waals surface area contributed by atoms with Crippen LogP contribution in [0.25, 0.3) is 0 Å². The Morgan fingerprint density at radius 2 is 1.82 bits per heavy atom. The van der Waals surface area contributed by atoms with Crippen LogP contribution in [0.1, 0.15) is 22.4 Å². The molecule has 0 bridgehead atoms. The zero-order chi connectivity index (χ0) is 12.4. The number of ether oxygens (including phenoxy) is 1. The number of hydrogen-bond donors (Lipinski definition) is 2. The van der Waals surface area contributed by atoms with E-state index in [-0.39, 0.29) is 0 Å². The number of aromatic amines is 1. The van der Waals surface area contributed by atoms with E-state index in [0.29, 0.717) is 12.4 Å². The maximum Gasteiger partial charge on any atom is 0.145 e. The van der Waals surface area contributed by atoms with Crippen molar-refractivity contribution in [2.75, 3.05) is 5.73 Å². The number of nitrogen functional groups attached to an aromatic ring is 1. The molecule has 0 aliphatic carbocycles. The lowest BCUT2D eigenvalue weighted by Crippen LogP contribution is -1.98. The van der Waals surface area contributed by atoms with E-state index in [1.54, 1.807) is 6.07 Å². The number of H-pyrrole nitrogens is 1. The van der Waals surface area contributed by atoms with Crippen molar-refractivity contribution in [1.29, 1.82) is 0 Å². The van der Waals surface area contributed by atoms with Crippen molar-refractivity contribution in [2.45, 2.75) is 27.4 Å². The van der Waals surface area contributed by atoms with Gasteiger partial charge in [0.1, 0.15) is 18.2 Å². The molecule has 0 atom stereocenters. The van der Waals surface area contributed by atoms with Crippen LogP contribution >= 0.6 is 0 Å². The third-order valence-corrected chi connectivity index (χ3v) is 2.83. The molecule has 0 spiro atoms. The summed E-state index contributed by atoms with van der Waals surface area (Å²) in [4.78, 5) is 0. The number of aryl methyl sites for hydroxylation is 3. The monoisotopic (exact) mass is 231 g/mol. The van der Waals surface area contributed by atoms with Crippen LogP contribution in [0.15, 0.2) is 18.2 Å². The lowest BCUT2D eigenvalue weighted by Gasteiger charge is -2.10. The molecule has 0 saturated heterocycles. The first-order valence-corrected chi connectivity index (χ1v) is 5.56. The standard InChI is InChI=1S/C13H17N3O/c1-8-4-10(3)12(5-9(8)2)17-7-11-6-13(14)16-15-11/h4-6H,7H2,1-3H3,(H3,14,15,16). The summed E-state index contributed by atoms with van der Waals surface area (Å²) >= 11 is 0. The average Bonchev–Trinajstić information content (AvgIpc) is 2.68. The first-order valence-electron chi connectivity index (χ1n) is 5.56. The molecule has 3 N–H and O–H groups in total. The molecule has 4 heteroatoms. The van der Waals surface area contributed by atoms with Crippen molar-refractivity contribution in [1.82, 2.24) is 10.2 Å². The molecule has 0 aliphatic rings. The fourth-order valence-electron chi connectivity index (χ4n) is 1.70. The Hall–Kier alpha value is -1.97. The van der Waals surface area contributed by atoms with E-state index in [4.69, 9.17) is 10.5 Å². The quantitative estimate of drug-likeness (QED) is 0.853. The van der Waals surface area contributed by atoms with Gasteiger partial charge in [0, 0.05) is 6.07 Å². The molecule has 1 aromatic heterocycles. The second-order valence-corrected chi connectivity index (χ2v) is 4.31. The maximum atomic E-state index is 5.75. The third kappa shape index (κ3) is 2.58. The van der Waals surface area contributed by atoms with Gasteiger partial charge in [-0.3, -0.25) is 5.10 Å². The molecule has 0 aliphatic heterocycles. The Morgan fingerprint density at radius 3 is 2.47 bits per heavy atom. The zero-order valence-electron chi connectivity index (χ0n) is 10.4. The minimum absolute atomic E-state index is 0.452. The van der Waals surface area contributed by atoms with E-state index in [1.165, 1.54) is 11.1 Å². The molecule has 1 heterocycles. The van der Waals surface area contributed by atoms with Gasteiger partial charge >= 0.3 is 0 Å². The number of aromatic nitrogens is 2. The van der Waals surface area contributed by atoms with Crippen LogP contribution in [0.4, 0.5) is 5.82 Å². The second-order valence-electron chi connectivity index (χ2n) is 4.31. The average molecular weight is 231 g/mol. The van der Waals surface area contributed by atoms with Crippen LogP contribution in [0.3, 0.4) is 0 Å². The Morgan fingerprint density at radius 1 is 1.12 bits per heavy atom. The molecule has 90 valence electrons. The zero-order valence-corrected chi connectivity index (χ0v) is 10.4. The number of nitrogens with zero attached hydrogens (tertiary/aromatic N) is 1. The van der Waals surface area contributed by atoms with Gasteiger partial charge in [-0.15, -0.1) is 0 Å². The van der Waals surface area contributed by atoms with Gasteiger partial charge in [0.25, 0.3) is 0 Å². The molecular weight excluding hydrogens is 214 g/mol. The van der Waals surface area contributed by atoms with Crippen molar-refractivity contribution in [3.8, 4) is 5.75 Å². The summed E-state index contributed by atoms with van der Waals surface area (Å²) in [6.07, 6.45) is 0. The van der Waals surface area contributed by atoms with E-state index in [0.717, 1.165) is 17.0 Å². The highest BCUT2D eigenvalue weighted by atomic mass is 16.5. The number of anilines is 1. The number of benzene rings is 1. The first kappa shape index (κ1) is 11.5. The summed E-state index contributed by atoms with van der Waals surface area (Å²) in [6, 6.07) is 5.97. The fraction of sp³-hybridized carbons (Fsp3) is 0.308. The van der Waals surface area contributed by atoms with Crippen molar-refractivity contribution in [2.24, 2.45) is 0 Å². The first-order chi connectivity index (χ1) is 8.06. The van der Waals surface area contributed by atoms with Gasteiger partial charge < -0.3 is 10.5 Å². The molecule has 0 saturated carbocycles. The predicted octanol–water partition coefficient (Wildman–Crippen LogP) is 2.50. The van der Waals surface area contributed by atoms with E-state index in [1.807, 2.05) is 6.92 Å². The van der Waals surface area contributed by atoms with Crippen molar-refractivity contribution < 1.29 is 4.74 Å². The smallest absolute Gasteiger partial charge is 0.145 e. The highest BCUT2D eigenvalue weighted by Gasteiger charge is 2.04. The Balaban J connectivity index is 2.11. The van der Waals surface area contributed by atoms with E-state index < -0.39 is 0 Å². The normalized spacial score (nSPS) is 10.5. The molecule has 2 rings (SSSR count). The van der Waals surface area contributed by atoms with Gasteiger partial charge in [0.05, 0.1) is 5.69 Å². The molecule has 0 amide bonds. The third-order valence-electron chi connectivity index (χ3n) is 2.83. The Kier molecular flexibility index (Phi) is 3.04. The topological polar surface area (TPSA) is 63.9 Å². The van der Waals surface area contributed by atoms with E-state index in [9.17, 15) is 0 Å². The summed E-state index contributed by atoms with van der Waals surface area (Å²) in [5, 5.41) is 6.68. The maximum absolute atomic E-state index is 5.75. The largest absolute Gasteiger partial charge is 0.487 e. The van der Waals surface area contributed by atoms with Gasteiger partial charge in [0.15, 0.2) is 0 Å². The number of nitrogens with one attached hydrogen (secondary N) is 1. The SMILES string of the molecule is Cc1cc(C)c(OCc2cc(N)n[nH]2)cc1C. The molecular formula is C13H17N3O. The lowest BCUT2D eigenvalue weighted by atomic mass is 10.1. The summed E-state index contributed by atoms with van der Waals surface area (Å²) < 4.78 is 5.75. The van der Waals surface area contributed by atoms with Crippen LogP contribution in [-0.4, -0.2) is 10.2 Å². The fourth-order valence-corrected chi connectivity index (χ4v) is 1.70. The van der Waals surface area contributed by atoms with Crippen molar-refractivity contribution in [3.05, 3.63) is 40.6 Å². The molecule has 0 radical (unpaired) electrons. The molecule has 0 fully saturated rings. The minimum Gasteiger partial charge on any atom is -0.487 e. The number of hydrogen-bond acceptors (Lipinski definition) is 3. The van der Waals surface area contributed by atoms with Gasteiger partial charge in [-0.2, -0.15) is 5.10 Å². The van der Waals surface area contributed by atoms with Gasteiger partial charge in [-0.05, 0) is 43.5 Å². The van der Waals surface area contributed by atoms with Crippen LogP contribution < -0.4 is 10.5 Å². The van der Waals surface area contributed by atoms with Crippen LogP contribution in [-0.2, 0) is 6.61 Å². The summed E-state index contributed by atoms with van der Waals surface area (Å²) in [5.74, 6) is 1.39. The van der Waals surface area contributed by atoms with Gasteiger partial charge in [-0.25, -0.2) is 0 Å². The van der Waals surface area contributed by atoms with Crippen molar-refractivity contribution >= 4 is 5.82 Å². The highest BCUT2D eigenvalue weighted by molar-refractivity contribution is 5.41. The molecule has 2 aromatic rings. The molecule has 4 nitrogen and oxygen atoms in total. The van der Waals surface area contributed by atoms with E-state index >= 15 is 0 Å². The lowest BCUT2D eigenvalue weighted by molar-refractivity contribution is 0.299. The molecule has 0 unspecified atom stereocenters. The van der Waals surface area contributed by atoms with Crippen molar-refractivity contribution in [3.63, 3.8) is 0 Å². The Bertz CT molecular complexity index is 531. The second kappa shape index (κ2) is 4.49. The number of nitrogens with two attached hydrogens (primary N) is 1. The van der Waals surface area contributed by atoms with E-state index in [2.05, 4.69) is 36.2 Å². The highest BCUT2D eigenvalue weighted by Crippen LogP contribution is 2.23. The van der Waals surface area contributed by atoms with Gasteiger partial charge in [-0.1, -0.05) is 6.07 Å². The molecule has 17 heavy (non-hydrogen) atoms. The Labute approximate surface area is 101 Å². The minimum atomic E-state index is 0.452. The van der Waals surface area contributed by atoms with Crippen LogP contribution in [0, 0.1) is 20.8 Å².